The van der Waals surface area contributed by atoms with Crippen LogP contribution in [0.5, 0.6) is 0 Å². The molecule has 33 heavy (non-hydrogen) atoms. The third-order valence-corrected chi connectivity index (χ3v) is 8.49. The molecule has 3 heteroatoms. The smallest absolute Gasteiger partial charge is 0.166 e. The van der Waals surface area contributed by atoms with Crippen molar-refractivity contribution in [2.75, 3.05) is 0 Å². The summed E-state index contributed by atoms with van der Waals surface area (Å²) >= 11 is 0. The van der Waals surface area contributed by atoms with E-state index in [0.717, 1.165) is 53.4 Å². The van der Waals surface area contributed by atoms with E-state index < -0.39 is 11.7 Å². The zero-order valence-electron chi connectivity index (χ0n) is 20.0. The number of alkyl halides is 3. The van der Waals surface area contributed by atoms with Crippen LogP contribution < -0.4 is 0 Å². The first-order valence-corrected chi connectivity index (χ1v) is 13.2. The van der Waals surface area contributed by atoms with Gasteiger partial charge in [0.05, 0.1) is 5.56 Å². The van der Waals surface area contributed by atoms with Crippen LogP contribution in [0.25, 0.3) is 11.1 Å². The fourth-order valence-electron chi connectivity index (χ4n) is 6.39. The zero-order valence-corrected chi connectivity index (χ0v) is 20.0. The van der Waals surface area contributed by atoms with E-state index in [-0.39, 0.29) is 0 Å². The predicted octanol–water partition coefficient (Wildman–Crippen LogP) is 9.72. The van der Waals surface area contributed by atoms with Gasteiger partial charge in [-0.25, -0.2) is 0 Å². The third-order valence-electron chi connectivity index (χ3n) is 8.49. The van der Waals surface area contributed by atoms with Gasteiger partial charge in [0, 0.05) is 0 Å². The minimum atomic E-state index is -4.28. The molecule has 2 aliphatic carbocycles. The van der Waals surface area contributed by atoms with Crippen LogP contribution in [-0.2, 0) is 12.6 Å². The Bertz CT molecular complexity index is 834. The Labute approximate surface area is 198 Å². The van der Waals surface area contributed by atoms with Crippen molar-refractivity contribution in [1.82, 2.24) is 0 Å². The number of hydrogen-bond donors (Lipinski definition) is 0. The number of hydrogen-bond acceptors (Lipinski definition) is 0. The van der Waals surface area contributed by atoms with Gasteiger partial charge in [0.1, 0.15) is 0 Å². The highest BCUT2D eigenvalue weighted by Crippen LogP contribution is 2.43. The van der Waals surface area contributed by atoms with E-state index in [2.05, 4.69) is 19.1 Å². The first-order valence-electron chi connectivity index (χ1n) is 13.2. The van der Waals surface area contributed by atoms with Gasteiger partial charge >= 0.3 is 6.18 Å². The maximum Gasteiger partial charge on any atom is 0.416 e. The van der Waals surface area contributed by atoms with Gasteiger partial charge in [-0.3, -0.25) is 0 Å². The van der Waals surface area contributed by atoms with Crippen molar-refractivity contribution >= 4 is 0 Å². The van der Waals surface area contributed by atoms with Gasteiger partial charge in [0.2, 0.25) is 0 Å². The molecule has 0 N–H and O–H groups in total. The third kappa shape index (κ3) is 6.64. The van der Waals surface area contributed by atoms with E-state index in [1.54, 1.807) is 12.1 Å². The van der Waals surface area contributed by atoms with Crippen LogP contribution >= 0.6 is 0 Å². The Morgan fingerprint density at radius 3 is 1.55 bits per heavy atom. The van der Waals surface area contributed by atoms with Gasteiger partial charge in [-0.15, -0.1) is 0 Å². The molecule has 2 aromatic rings. The van der Waals surface area contributed by atoms with Crippen LogP contribution in [0.1, 0.15) is 88.7 Å². The zero-order chi connectivity index (χ0) is 23.3. The Morgan fingerprint density at radius 1 is 0.636 bits per heavy atom. The minimum Gasteiger partial charge on any atom is -0.166 e. The van der Waals surface area contributed by atoms with E-state index in [1.165, 1.54) is 76.2 Å². The number of rotatable bonds is 7. The summed E-state index contributed by atoms with van der Waals surface area (Å²) in [6, 6.07) is 13.8. The van der Waals surface area contributed by atoms with Crippen molar-refractivity contribution in [3.05, 3.63) is 59.7 Å². The Balaban J connectivity index is 1.20. The van der Waals surface area contributed by atoms with Crippen LogP contribution in [0.3, 0.4) is 0 Å². The van der Waals surface area contributed by atoms with E-state index >= 15 is 0 Å². The second kappa shape index (κ2) is 11.1. The highest BCUT2D eigenvalue weighted by atomic mass is 19.4. The molecule has 0 amide bonds. The van der Waals surface area contributed by atoms with Crippen molar-refractivity contribution in [1.29, 1.82) is 0 Å². The molecule has 0 spiro atoms. The largest absolute Gasteiger partial charge is 0.416 e. The van der Waals surface area contributed by atoms with Gasteiger partial charge in [0.25, 0.3) is 0 Å². The quantitative estimate of drug-likeness (QED) is 0.389. The predicted molar refractivity (Wildman–Crippen MR) is 131 cm³/mol. The summed E-state index contributed by atoms with van der Waals surface area (Å²) in [5.41, 5.74) is 2.54. The Hall–Kier alpha value is -1.77. The molecule has 0 saturated heterocycles. The molecule has 0 aromatic heterocycles. The van der Waals surface area contributed by atoms with E-state index in [4.69, 9.17) is 0 Å². The molecule has 0 unspecified atom stereocenters. The molecule has 2 saturated carbocycles. The Kier molecular flexibility index (Phi) is 8.20. The summed E-state index contributed by atoms with van der Waals surface area (Å²) < 4.78 is 38.3. The first-order chi connectivity index (χ1) is 15.9. The van der Waals surface area contributed by atoms with Crippen molar-refractivity contribution in [2.45, 2.75) is 90.1 Å². The molecule has 2 fully saturated rings. The number of halogens is 3. The molecular formula is C30H39F3. The van der Waals surface area contributed by atoms with Crippen LogP contribution in [0.2, 0.25) is 0 Å². The van der Waals surface area contributed by atoms with Crippen LogP contribution in [0.15, 0.2) is 48.5 Å². The SMILES string of the molecule is CCC[C@H]1CC[C@H]([C@H]2CC[C@H](CCc3ccc(-c4ccc(C(F)(F)F)cc4)cc3)CC2)CC1. The van der Waals surface area contributed by atoms with Crippen molar-refractivity contribution in [2.24, 2.45) is 23.7 Å². The summed E-state index contributed by atoms with van der Waals surface area (Å²) in [5.74, 6) is 3.84. The standard InChI is InChI=1S/C30H39F3/c1-2-3-22-6-12-25(13-7-22)26-14-8-23(9-15-26)4-5-24-10-16-27(17-11-24)28-18-20-29(21-19-28)30(31,32)33/h10-11,16-23,25-26H,2-9,12-15H2,1H3/t22-,23-,25-,26-. The molecule has 180 valence electrons. The summed E-state index contributed by atoms with van der Waals surface area (Å²) in [6.07, 6.45) is 12.4. The van der Waals surface area contributed by atoms with E-state index in [0.29, 0.717) is 0 Å². The molecule has 0 radical (unpaired) electrons. The van der Waals surface area contributed by atoms with Crippen LogP contribution in [0, 0.1) is 23.7 Å². The molecule has 0 aliphatic heterocycles. The summed E-state index contributed by atoms with van der Waals surface area (Å²) in [5, 5.41) is 0. The van der Waals surface area contributed by atoms with Gasteiger partial charge in [-0.05, 0) is 91.0 Å². The maximum absolute atomic E-state index is 12.8. The molecule has 0 heterocycles. The topological polar surface area (TPSA) is 0 Å². The van der Waals surface area contributed by atoms with Crippen molar-refractivity contribution in [3.8, 4) is 11.1 Å². The second-order valence-corrected chi connectivity index (χ2v) is 10.7. The van der Waals surface area contributed by atoms with Gasteiger partial charge in [-0.2, -0.15) is 13.2 Å². The molecule has 4 rings (SSSR count). The van der Waals surface area contributed by atoms with Crippen LogP contribution in [-0.4, -0.2) is 0 Å². The van der Waals surface area contributed by atoms with E-state index in [1.807, 2.05) is 12.1 Å². The summed E-state index contributed by atoms with van der Waals surface area (Å²) in [6.45, 7) is 2.32. The van der Waals surface area contributed by atoms with Gasteiger partial charge < -0.3 is 0 Å². The van der Waals surface area contributed by atoms with E-state index in [9.17, 15) is 13.2 Å². The monoisotopic (exact) mass is 456 g/mol. The average Bonchev–Trinajstić information content (AvgIpc) is 2.84. The highest BCUT2D eigenvalue weighted by molar-refractivity contribution is 5.64. The lowest BCUT2D eigenvalue weighted by Gasteiger charge is -2.38. The molecule has 2 aromatic carbocycles. The number of aryl methyl sites for hydroxylation is 1. The van der Waals surface area contributed by atoms with Crippen LogP contribution in [0.4, 0.5) is 13.2 Å². The minimum absolute atomic E-state index is 0.596. The van der Waals surface area contributed by atoms with Gasteiger partial charge in [0.15, 0.2) is 0 Å². The summed E-state index contributed by atoms with van der Waals surface area (Å²) in [7, 11) is 0. The van der Waals surface area contributed by atoms with Crippen molar-refractivity contribution in [3.63, 3.8) is 0 Å². The summed E-state index contributed by atoms with van der Waals surface area (Å²) in [4.78, 5) is 0. The average molecular weight is 457 g/mol. The molecule has 2 aliphatic rings. The Morgan fingerprint density at radius 2 is 1.09 bits per heavy atom. The lowest BCUT2D eigenvalue weighted by molar-refractivity contribution is -0.137. The molecule has 0 atom stereocenters. The molecule has 0 nitrogen and oxygen atoms in total. The van der Waals surface area contributed by atoms with Gasteiger partial charge in [-0.1, -0.05) is 81.8 Å². The second-order valence-electron chi connectivity index (χ2n) is 10.7. The molecule has 0 bridgehead atoms. The first kappa shape index (κ1) is 24.4. The normalized spacial score (nSPS) is 26.3. The number of benzene rings is 2. The fraction of sp³-hybridized carbons (Fsp3) is 0.600. The maximum atomic E-state index is 12.8. The lowest BCUT2D eigenvalue weighted by Crippen LogP contribution is -2.26. The highest BCUT2D eigenvalue weighted by Gasteiger charge is 2.31. The van der Waals surface area contributed by atoms with Crippen molar-refractivity contribution < 1.29 is 13.2 Å². The lowest BCUT2D eigenvalue weighted by atomic mass is 9.68. The molecular weight excluding hydrogens is 417 g/mol. The fourth-order valence-corrected chi connectivity index (χ4v) is 6.39.